The van der Waals surface area contributed by atoms with Crippen LogP contribution in [0.3, 0.4) is 0 Å². The third kappa shape index (κ3) is 1.12. The fourth-order valence-corrected chi connectivity index (χ4v) is 7.38. The zero-order valence-electron chi connectivity index (χ0n) is 13.9. The van der Waals surface area contributed by atoms with E-state index in [0.717, 1.165) is 30.8 Å². The lowest BCUT2D eigenvalue weighted by Gasteiger charge is -2.54. The zero-order valence-corrected chi connectivity index (χ0v) is 13.9. The van der Waals surface area contributed by atoms with Crippen molar-refractivity contribution in [3.63, 3.8) is 0 Å². The fraction of sp³-hybridized carbons (Fsp3) is 0.550. The predicted molar refractivity (Wildman–Crippen MR) is 90.6 cm³/mol. The number of amides is 1. The summed E-state index contributed by atoms with van der Waals surface area (Å²) in [5.41, 5.74) is 1.61. The first-order chi connectivity index (χ1) is 11.6. The van der Waals surface area contributed by atoms with Crippen LogP contribution in [0.15, 0.2) is 36.9 Å². The third-order valence-corrected chi connectivity index (χ3v) is 7.93. The van der Waals surface area contributed by atoms with Gasteiger partial charge in [-0.05, 0) is 31.0 Å². The molecule has 4 heteroatoms. The standard InChI is InChI=1S/C20H22N2O2/c1-3-19-10-22(2)16-11-9-24-15(8-13(11)19)20(17(16)19)12-6-4-5-7-14(12)21-18(20)23/h3-7,11,13,15-17H,1,8-10H2,2H3,(H,21,23)/t11-,13-,15-,16+,17-,19-,20-/m0/s1. The molecule has 5 bridgehead atoms. The van der Waals surface area contributed by atoms with Gasteiger partial charge in [-0.2, -0.15) is 0 Å². The number of fused-ring (bicyclic) bond motifs is 5. The first-order valence-corrected chi connectivity index (χ1v) is 9.01. The van der Waals surface area contributed by atoms with Crippen molar-refractivity contribution in [3.05, 3.63) is 42.5 Å². The number of hydrogen-bond donors (Lipinski definition) is 1. The molecule has 4 fully saturated rings. The van der Waals surface area contributed by atoms with Gasteiger partial charge in [0.2, 0.25) is 5.91 Å². The number of ether oxygens (including phenoxy) is 1. The minimum atomic E-state index is -0.554. The Labute approximate surface area is 141 Å². The number of nitrogens with zero attached hydrogens (tertiary/aromatic N) is 1. The van der Waals surface area contributed by atoms with Gasteiger partial charge in [0.25, 0.3) is 0 Å². The number of hydrogen-bond acceptors (Lipinski definition) is 3. The van der Waals surface area contributed by atoms with E-state index in [2.05, 4.69) is 42.1 Å². The Balaban J connectivity index is 1.69. The van der Waals surface area contributed by atoms with E-state index in [9.17, 15) is 4.79 Å². The van der Waals surface area contributed by atoms with Gasteiger partial charge < -0.3 is 15.0 Å². The fourth-order valence-electron chi connectivity index (χ4n) is 7.38. The molecule has 1 spiro atoms. The number of para-hydroxylation sites is 1. The highest BCUT2D eigenvalue weighted by Crippen LogP contribution is 2.73. The smallest absolute Gasteiger partial charge is 0.238 e. The Bertz CT molecular complexity index is 792. The van der Waals surface area contributed by atoms with Gasteiger partial charge in [0, 0.05) is 35.5 Å². The van der Waals surface area contributed by atoms with Gasteiger partial charge in [0.15, 0.2) is 0 Å². The SMILES string of the molecule is C=C[C@]12CN(C)[C@@H]3[C@H]4CO[C@@H](C[C@@H]41)[C@]1(C(=O)Nc4ccccc41)[C@@H]32. The van der Waals surface area contributed by atoms with Crippen molar-refractivity contribution >= 4 is 11.6 Å². The average molecular weight is 322 g/mol. The van der Waals surface area contributed by atoms with Crippen molar-refractivity contribution in [1.29, 1.82) is 0 Å². The number of anilines is 1. The molecule has 2 aliphatic carbocycles. The molecule has 0 radical (unpaired) electrons. The monoisotopic (exact) mass is 322 g/mol. The van der Waals surface area contributed by atoms with Crippen LogP contribution in [-0.2, 0) is 14.9 Å². The molecule has 1 amide bonds. The summed E-state index contributed by atoms with van der Waals surface area (Å²) in [6.45, 7) is 6.06. The van der Waals surface area contributed by atoms with Gasteiger partial charge >= 0.3 is 0 Å². The predicted octanol–water partition coefficient (Wildman–Crippen LogP) is 2.03. The first-order valence-electron chi connectivity index (χ1n) is 9.01. The van der Waals surface area contributed by atoms with Gasteiger partial charge in [0.05, 0.1) is 12.7 Å². The van der Waals surface area contributed by atoms with Crippen LogP contribution in [0.25, 0.3) is 0 Å². The van der Waals surface area contributed by atoms with Crippen molar-refractivity contribution in [3.8, 4) is 0 Å². The highest BCUT2D eigenvalue weighted by atomic mass is 16.5. The van der Waals surface area contributed by atoms with Gasteiger partial charge in [-0.1, -0.05) is 24.3 Å². The average Bonchev–Trinajstić information content (AvgIpc) is 3.08. The number of carbonyl (C=O) groups is 1. The van der Waals surface area contributed by atoms with Crippen molar-refractivity contribution in [2.24, 2.45) is 23.2 Å². The van der Waals surface area contributed by atoms with E-state index in [-0.39, 0.29) is 23.3 Å². The molecule has 6 rings (SSSR count). The molecule has 3 aliphatic heterocycles. The maximum atomic E-state index is 13.4. The summed E-state index contributed by atoms with van der Waals surface area (Å²) < 4.78 is 6.34. The van der Waals surface area contributed by atoms with Crippen LogP contribution in [0.5, 0.6) is 0 Å². The summed E-state index contributed by atoms with van der Waals surface area (Å²) in [4.78, 5) is 15.9. The van der Waals surface area contributed by atoms with Crippen LogP contribution in [0, 0.1) is 23.2 Å². The van der Waals surface area contributed by atoms with Crippen molar-refractivity contribution in [2.75, 3.05) is 25.5 Å². The molecule has 5 aliphatic rings. The molecule has 24 heavy (non-hydrogen) atoms. The Kier molecular flexibility index (Phi) is 2.24. The lowest BCUT2D eigenvalue weighted by atomic mass is 9.51. The van der Waals surface area contributed by atoms with Crippen LogP contribution in [0.4, 0.5) is 5.69 Å². The second-order valence-electron chi connectivity index (χ2n) is 8.40. The van der Waals surface area contributed by atoms with Gasteiger partial charge in [-0.15, -0.1) is 6.58 Å². The largest absolute Gasteiger partial charge is 0.376 e. The molecule has 0 aromatic heterocycles. The molecular weight excluding hydrogens is 300 g/mol. The Morgan fingerprint density at radius 2 is 2.25 bits per heavy atom. The molecule has 0 unspecified atom stereocenters. The number of nitrogens with one attached hydrogen (secondary N) is 1. The molecule has 2 saturated carbocycles. The topological polar surface area (TPSA) is 41.6 Å². The van der Waals surface area contributed by atoms with Crippen molar-refractivity contribution in [1.82, 2.24) is 4.90 Å². The number of piperidine rings is 1. The highest BCUT2D eigenvalue weighted by molar-refractivity contribution is 6.07. The summed E-state index contributed by atoms with van der Waals surface area (Å²) in [7, 11) is 2.21. The summed E-state index contributed by atoms with van der Waals surface area (Å²) in [6.07, 6.45) is 3.17. The number of rotatable bonds is 1. The maximum Gasteiger partial charge on any atom is 0.238 e. The van der Waals surface area contributed by atoms with Crippen LogP contribution >= 0.6 is 0 Å². The van der Waals surface area contributed by atoms with Gasteiger partial charge in [-0.25, -0.2) is 0 Å². The normalized spacial score (nSPS) is 50.4. The minimum absolute atomic E-state index is 0.00280. The highest BCUT2D eigenvalue weighted by Gasteiger charge is 2.79. The summed E-state index contributed by atoms with van der Waals surface area (Å²) in [5, 5.41) is 3.18. The van der Waals surface area contributed by atoms with E-state index in [0.29, 0.717) is 17.9 Å². The van der Waals surface area contributed by atoms with Crippen molar-refractivity contribution < 1.29 is 9.53 Å². The van der Waals surface area contributed by atoms with Gasteiger partial charge in [-0.3, -0.25) is 4.79 Å². The molecular formula is C20H22N2O2. The van der Waals surface area contributed by atoms with E-state index < -0.39 is 5.41 Å². The number of benzene rings is 1. The van der Waals surface area contributed by atoms with Crippen LogP contribution in [0.1, 0.15) is 12.0 Å². The van der Waals surface area contributed by atoms with Gasteiger partial charge in [0.1, 0.15) is 5.41 Å². The Morgan fingerprint density at radius 1 is 1.42 bits per heavy atom. The molecule has 1 aromatic rings. The van der Waals surface area contributed by atoms with Crippen molar-refractivity contribution in [2.45, 2.75) is 24.0 Å². The lowest BCUT2D eigenvalue weighted by molar-refractivity contribution is -0.153. The zero-order chi connectivity index (χ0) is 16.3. The lowest BCUT2D eigenvalue weighted by Crippen LogP contribution is -2.62. The second kappa shape index (κ2) is 3.94. The second-order valence-corrected chi connectivity index (χ2v) is 8.40. The number of carbonyl (C=O) groups excluding carboxylic acids is 1. The van der Waals surface area contributed by atoms with E-state index in [1.807, 2.05) is 12.1 Å². The van der Waals surface area contributed by atoms with E-state index in [1.54, 1.807) is 0 Å². The molecule has 7 atom stereocenters. The molecule has 2 saturated heterocycles. The summed E-state index contributed by atoms with van der Waals surface area (Å²) in [5.74, 6) is 1.56. The molecule has 124 valence electrons. The Hall–Kier alpha value is -1.65. The van der Waals surface area contributed by atoms with Crippen LogP contribution < -0.4 is 5.32 Å². The quantitative estimate of drug-likeness (QED) is 0.805. The third-order valence-electron chi connectivity index (χ3n) is 7.93. The van der Waals surface area contributed by atoms with E-state index in [4.69, 9.17) is 4.74 Å². The Morgan fingerprint density at radius 3 is 3.08 bits per heavy atom. The summed E-state index contributed by atoms with van der Waals surface area (Å²) >= 11 is 0. The molecule has 1 aromatic carbocycles. The van der Waals surface area contributed by atoms with Crippen LogP contribution in [-0.4, -0.2) is 43.2 Å². The van der Waals surface area contributed by atoms with E-state index >= 15 is 0 Å². The number of likely N-dealkylation sites (tertiary alicyclic amines) is 1. The molecule has 4 nitrogen and oxygen atoms in total. The molecule has 3 heterocycles. The molecule has 1 N–H and O–H groups in total. The van der Waals surface area contributed by atoms with Crippen LogP contribution in [0.2, 0.25) is 0 Å². The van der Waals surface area contributed by atoms with E-state index in [1.165, 1.54) is 0 Å². The maximum absolute atomic E-state index is 13.4. The minimum Gasteiger partial charge on any atom is -0.376 e. The first kappa shape index (κ1) is 13.6. The summed E-state index contributed by atoms with van der Waals surface area (Å²) in [6, 6.07) is 8.64.